The van der Waals surface area contributed by atoms with Crippen molar-refractivity contribution in [3.8, 4) is 17.1 Å². The minimum Gasteiger partial charge on any atom is -0.419 e. The van der Waals surface area contributed by atoms with Gasteiger partial charge in [-0.05, 0) is 38.1 Å². The maximum absolute atomic E-state index is 5.96. The van der Waals surface area contributed by atoms with E-state index in [1.165, 1.54) is 5.56 Å². The number of hydrogen-bond acceptors (Lipinski definition) is 8. The summed E-state index contributed by atoms with van der Waals surface area (Å²) in [4.78, 5) is 2.21. The Labute approximate surface area is 190 Å². The molecule has 1 fully saturated rings. The fourth-order valence-electron chi connectivity index (χ4n) is 3.53. The van der Waals surface area contributed by atoms with E-state index >= 15 is 0 Å². The van der Waals surface area contributed by atoms with Gasteiger partial charge in [0.25, 0.3) is 0 Å². The van der Waals surface area contributed by atoms with Gasteiger partial charge in [-0.15, -0.1) is 20.4 Å². The molecule has 2 aromatic carbocycles. The molecular weight excluding hydrogens is 424 g/mol. The first kappa shape index (κ1) is 20.7. The second-order valence-corrected chi connectivity index (χ2v) is 8.93. The zero-order valence-electron chi connectivity index (χ0n) is 18.0. The van der Waals surface area contributed by atoms with Gasteiger partial charge in [0.2, 0.25) is 17.7 Å². The highest BCUT2D eigenvalue weighted by Gasteiger charge is 2.25. The molecule has 32 heavy (non-hydrogen) atoms. The number of rotatable bonds is 6. The van der Waals surface area contributed by atoms with Crippen LogP contribution in [0.1, 0.15) is 23.6 Å². The van der Waals surface area contributed by atoms with E-state index in [2.05, 4.69) is 61.1 Å². The van der Waals surface area contributed by atoms with Gasteiger partial charge in [0.05, 0.1) is 24.2 Å². The summed E-state index contributed by atoms with van der Waals surface area (Å²) in [5, 5.41) is 18.2. The minimum absolute atomic E-state index is 0.0918. The smallest absolute Gasteiger partial charge is 0.247 e. The molecule has 8 nitrogen and oxygen atoms in total. The number of anilines is 1. The van der Waals surface area contributed by atoms with Gasteiger partial charge in [0.1, 0.15) is 0 Å². The van der Waals surface area contributed by atoms with Crippen LogP contribution in [0.3, 0.4) is 0 Å². The van der Waals surface area contributed by atoms with E-state index in [1.54, 1.807) is 11.8 Å². The number of aromatic nitrogens is 5. The van der Waals surface area contributed by atoms with E-state index in [9.17, 15) is 0 Å². The Balaban J connectivity index is 1.45. The standard InChI is InChI=1S/C23H24N6O2S/c1-16-8-10-19(11-9-16)29-22(28-12-14-30-15-13-28)26-27-23(29)32-17(2)20-24-25-21(31-20)18-6-4-3-5-7-18/h3-11,17H,12-15H2,1-2H3/t17-/m0/s1. The van der Waals surface area contributed by atoms with Crippen LogP contribution in [-0.2, 0) is 4.74 Å². The summed E-state index contributed by atoms with van der Waals surface area (Å²) in [5.74, 6) is 1.89. The number of thioether (sulfide) groups is 1. The first-order valence-corrected chi connectivity index (χ1v) is 11.5. The summed E-state index contributed by atoms with van der Waals surface area (Å²) in [6.07, 6.45) is 0. The third kappa shape index (κ3) is 4.26. The fraction of sp³-hybridized carbons (Fsp3) is 0.304. The third-order valence-electron chi connectivity index (χ3n) is 5.29. The van der Waals surface area contributed by atoms with Gasteiger partial charge in [-0.3, -0.25) is 4.57 Å². The quantitative estimate of drug-likeness (QED) is 0.404. The number of hydrogen-bond donors (Lipinski definition) is 0. The van der Waals surface area contributed by atoms with Crippen molar-refractivity contribution in [1.82, 2.24) is 25.0 Å². The summed E-state index contributed by atoms with van der Waals surface area (Å²) < 4.78 is 13.6. The van der Waals surface area contributed by atoms with Gasteiger partial charge in [-0.2, -0.15) is 0 Å². The molecule has 9 heteroatoms. The molecule has 0 unspecified atom stereocenters. The largest absolute Gasteiger partial charge is 0.419 e. The van der Waals surface area contributed by atoms with E-state index in [4.69, 9.17) is 9.15 Å². The van der Waals surface area contributed by atoms with E-state index in [0.29, 0.717) is 25.0 Å². The van der Waals surface area contributed by atoms with Crippen molar-refractivity contribution >= 4 is 17.7 Å². The second-order valence-electron chi connectivity index (χ2n) is 7.62. The average molecular weight is 449 g/mol. The average Bonchev–Trinajstić information content (AvgIpc) is 3.49. The van der Waals surface area contributed by atoms with Crippen LogP contribution in [0.25, 0.3) is 17.1 Å². The van der Waals surface area contributed by atoms with Crippen molar-refractivity contribution < 1.29 is 9.15 Å². The lowest BCUT2D eigenvalue weighted by atomic mass is 10.2. The second kappa shape index (κ2) is 9.13. The molecule has 0 saturated carbocycles. The fourth-order valence-corrected chi connectivity index (χ4v) is 4.42. The molecule has 0 radical (unpaired) electrons. The van der Waals surface area contributed by atoms with Crippen LogP contribution in [0.4, 0.5) is 5.95 Å². The van der Waals surface area contributed by atoms with Gasteiger partial charge in [0.15, 0.2) is 5.16 Å². The Hall–Kier alpha value is -3.17. The topological polar surface area (TPSA) is 82.1 Å². The zero-order valence-corrected chi connectivity index (χ0v) is 18.8. The van der Waals surface area contributed by atoms with Crippen molar-refractivity contribution in [3.63, 3.8) is 0 Å². The monoisotopic (exact) mass is 448 g/mol. The number of aryl methyl sites for hydroxylation is 1. The Morgan fingerprint density at radius 1 is 0.906 bits per heavy atom. The maximum Gasteiger partial charge on any atom is 0.247 e. The first-order valence-electron chi connectivity index (χ1n) is 10.6. The molecule has 3 heterocycles. The number of ether oxygens (including phenoxy) is 1. The Morgan fingerprint density at radius 2 is 1.66 bits per heavy atom. The Kier molecular flexibility index (Phi) is 5.91. The van der Waals surface area contributed by atoms with E-state index in [-0.39, 0.29) is 5.25 Å². The molecule has 5 rings (SSSR count). The molecule has 0 spiro atoms. The van der Waals surface area contributed by atoms with Crippen molar-refractivity contribution in [1.29, 1.82) is 0 Å². The van der Waals surface area contributed by atoms with Crippen LogP contribution in [0.15, 0.2) is 64.2 Å². The Bertz CT molecular complexity index is 1170. The van der Waals surface area contributed by atoms with Crippen molar-refractivity contribution in [2.75, 3.05) is 31.2 Å². The predicted molar refractivity (Wildman–Crippen MR) is 123 cm³/mol. The summed E-state index contributed by atoms with van der Waals surface area (Å²) in [6.45, 7) is 7.06. The lowest BCUT2D eigenvalue weighted by Crippen LogP contribution is -2.37. The predicted octanol–water partition coefficient (Wildman–Crippen LogP) is 4.32. The van der Waals surface area contributed by atoms with Crippen molar-refractivity contribution in [2.45, 2.75) is 24.3 Å². The van der Waals surface area contributed by atoms with E-state index < -0.39 is 0 Å². The highest BCUT2D eigenvalue weighted by atomic mass is 32.2. The zero-order chi connectivity index (χ0) is 21.9. The Morgan fingerprint density at radius 3 is 2.41 bits per heavy atom. The maximum atomic E-state index is 5.96. The minimum atomic E-state index is -0.0918. The van der Waals surface area contributed by atoms with Crippen LogP contribution in [0.5, 0.6) is 0 Å². The SMILES string of the molecule is Cc1ccc(-n2c(S[C@@H](C)c3nnc(-c4ccccc4)o3)nnc2N2CCOCC2)cc1. The summed E-state index contributed by atoms with van der Waals surface area (Å²) in [5.41, 5.74) is 3.13. The first-order chi connectivity index (χ1) is 15.7. The third-order valence-corrected chi connectivity index (χ3v) is 6.32. The summed E-state index contributed by atoms with van der Waals surface area (Å²) >= 11 is 1.55. The number of nitrogens with zero attached hydrogens (tertiary/aromatic N) is 6. The molecule has 1 saturated heterocycles. The molecule has 1 atom stereocenters. The molecule has 0 bridgehead atoms. The highest BCUT2D eigenvalue weighted by molar-refractivity contribution is 7.99. The molecule has 1 aliphatic rings. The molecule has 0 aliphatic carbocycles. The molecule has 2 aromatic heterocycles. The highest BCUT2D eigenvalue weighted by Crippen LogP contribution is 2.37. The van der Waals surface area contributed by atoms with Crippen molar-refractivity contribution in [2.24, 2.45) is 0 Å². The van der Waals surface area contributed by atoms with E-state index in [1.807, 2.05) is 37.3 Å². The van der Waals surface area contributed by atoms with Gasteiger partial charge in [0, 0.05) is 18.7 Å². The number of benzene rings is 2. The molecule has 4 aromatic rings. The van der Waals surface area contributed by atoms with Crippen LogP contribution in [0.2, 0.25) is 0 Å². The normalized spacial score (nSPS) is 15.1. The van der Waals surface area contributed by atoms with Crippen molar-refractivity contribution in [3.05, 3.63) is 66.1 Å². The summed E-state index contributed by atoms with van der Waals surface area (Å²) in [7, 11) is 0. The van der Waals surface area contributed by atoms with Gasteiger partial charge in [-0.25, -0.2) is 0 Å². The lowest BCUT2D eigenvalue weighted by Gasteiger charge is -2.28. The molecular formula is C23H24N6O2S. The van der Waals surface area contributed by atoms with Crippen LogP contribution in [0, 0.1) is 6.92 Å². The molecule has 164 valence electrons. The van der Waals surface area contributed by atoms with Crippen LogP contribution in [-0.4, -0.2) is 51.3 Å². The number of morpholine rings is 1. The molecule has 0 amide bonds. The van der Waals surface area contributed by atoms with Gasteiger partial charge >= 0.3 is 0 Å². The summed E-state index contributed by atoms with van der Waals surface area (Å²) in [6, 6.07) is 18.2. The van der Waals surface area contributed by atoms with Gasteiger partial charge < -0.3 is 14.1 Å². The van der Waals surface area contributed by atoms with Crippen LogP contribution < -0.4 is 4.90 Å². The molecule has 1 aliphatic heterocycles. The van der Waals surface area contributed by atoms with E-state index in [0.717, 1.165) is 35.4 Å². The molecule has 0 N–H and O–H groups in total. The van der Waals surface area contributed by atoms with Crippen LogP contribution >= 0.6 is 11.8 Å². The lowest BCUT2D eigenvalue weighted by molar-refractivity contribution is 0.122. The van der Waals surface area contributed by atoms with Gasteiger partial charge in [-0.1, -0.05) is 47.7 Å².